The SMILES string of the molecule is Cc1cc(N(C)Cc2cscn2)ccc1/C(N)=N/O. The van der Waals surface area contributed by atoms with E-state index in [2.05, 4.69) is 15.0 Å². The zero-order chi connectivity index (χ0) is 13.8. The van der Waals surface area contributed by atoms with Gasteiger partial charge in [-0.05, 0) is 30.7 Å². The normalized spacial score (nSPS) is 11.6. The number of aryl methyl sites for hydroxylation is 1. The fourth-order valence-electron chi connectivity index (χ4n) is 1.88. The van der Waals surface area contributed by atoms with Gasteiger partial charge in [-0.1, -0.05) is 5.16 Å². The van der Waals surface area contributed by atoms with E-state index in [0.717, 1.165) is 29.1 Å². The first-order valence-electron chi connectivity index (χ1n) is 5.78. The largest absolute Gasteiger partial charge is 0.409 e. The molecule has 0 bridgehead atoms. The molecule has 6 heteroatoms. The fourth-order valence-corrected chi connectivity index (χ4v) is 2.43. The lowest BCUT2D eigenvalue weighted by molar-refractivity contribution is 0.318. The maximum Gasteiger partial charge on any atom is 0.170 e. The van der Waals surface area contributed by atoms with Crippen molar-refractivity contribution in [1.82, 2.24) is 4.98 Å². The lowest BCUT2D eigenvalue weighted by Crippen LogP contribution is -2.18. The zero-order valence-electron chi connectivity index (χ0n) is 10.9. The lowest BCUT2D eigenvalue weighted by Gasteiger charge is -2.19. The number of anilines is 1. The molecule has 0 amide bonds. The van der Waals surface area contributed by atoms with Crippen LogP contribution >= 0.6 is 11.3 Å². The van der Waals surface area contributed by atoms with E-state index in [4.69, 9.17) is 10.9 Å². The molecule has 0 aliphatic heterocycles. The molecule has 2 aromatic rings. The van der Waals surface area contributed by atoms with Gasteiger partial charge in [-0.3, -0.25) is 0 Å². The van der Waals surface area contributed by atoms with Crippen molar-refractivity contribution >= 4 is 22.9 Å². The molecule has 19 heavy (non-hydrogen) atoms. The molecule has 0 aliphatic rings. The summed E-state index contributed by atoms with van der Waals surface area (Å²) in [4.78, 5) is 6.38. The molecule has 0 unspecified atom stereocenters. The summed E-state index contributed by atoms with van der Waals surface area (Å²) in [6.07, 6.45) is 0. The van der Waals surface area contributed by atoms with Crippen molar-refractivity contribution < 1.29 is 5.21 Å². The van der Waals surface area contributed by atoms with Gasteiger partial charge in [-0.15, -0.1) is 11.3 Å². The molecule has 0 spiro atoms. The third-order valence-electron chi connectivity index (χ3n) is 2.92. The van der Waals surface area contributed by atoms with Crippen LogP contribution in [0.15, 0.2) is 34.2 Å². The first-order valence-corrected chi connectivity index (χ1v) is 6.73. The Morgan fingerprint density at radius 3 is 2.89 bits per heavy atom. The van der Waals surface area contributed by atoms with Crippen LogP contribution in [0.2, 0.25) is 0 Å². The highest BCUT2D eigenvalue weighted by Crippen LogP contribution is 2.20. The third-order valence-corrected chi connectivity index (χ3v) is 3.55. The van der Waals surface area contributed by atoms with Gasteiger partial charge < -0.3 is 15.8 Å². The van der Waals surface area contributed by atoms with Gasteiger partial charge >= 0.3 is 0 Å². The van der Waals surface area contributed by atoms with Crippen molar-refractivity contribution in [3.63, 3.8) is 0 Å². The predicted molar refractivity (Wildman–Crippen MR) is 77.9 cm³/mol. The van der Waals surface area contributed by atoms with Gasteiger partial charge in [-0.2, -0.15) is 0 Å². The van der Waals surface area contributed by atoms with Crippen LogP contribution in [-0.2, 0) is 6.54 Å². The Labute approximate surface area is 116 Å². The van der Waals surface area contributed by atoms with Crippen LogP contribution in [0.25, 0.3) is 0 Å². The van der Waals surface area contributed by atoms with E-state index in [-0.39, 0.29) is 5.84 Å². The smallest absolute Gasteiger partial charge is 0.170 e. The predicted octanol–water partition coefficient (Wildman–Crippen LogP) is 2.18. The van der Waals surface area contributed by atoms with Crippen LogP contribution in [0, 0.1) is 6.92 Å². The number of nitrogens with zero attached hydrogens (tertiary/aromatic N) is 3. The second-order valence-electron chi connectivity index (χ2n) is 4.32. The highest BCUT2D eigenvalue weighted by atomic mass is 32.1. The van der Waals surface area contributed by atoms with Crippen molar-refractivity contribution in [3.05, 3.63) is 45.9 Å². The van der Waals surface area contributed by atoms with Gasteiger partial charge in [0.2, 0.25) is 0 Å². The average Bonchev–Trinajstić information content (AvgIpc) is 2.90. The molecular weight excluding hydrogens is 260 g/mol. The second-order valence-corrected chi connectivity index (χ2v) is 5.04. The van der Waals surface area contributed by atoms with Crippen molar-refractivity contribution in [2.45, 2.75) is 13.5 Å². The summed E-state index contributed by atoms with van der Waals surface area (Å²) in [6.45, 7) is 2.69. The number of nitrogens with two attached hydrogens (primary N) is 1. The summed E-state index contributed by atoms with van der Waals surface area (Å²) in [5, 5.41) is 13.8. The van der Waals surface area contributed by atoms with Crippen LogP contribution in [0.3, 0.4) is 0 Å². The number of thiazole rings is 1. The van der Waals surface area contributed by atoms with Gasteiger partial charge in [-0.25, -0.2) is 4.98 Å². The minimum absolute atomic E-state index is 0.131. The van der Waals surface area contributed by atoms with Crippen LogP contribution in [0.5, 0.6) is 0 Å². The molecule has 3 N–H and O–H groups in total. The van der Waals surface area contributed by atoms with Crippen LogP contribution in [0.1, 0.15) is 16.8 Å². The van der Waals surface area contributed by atoms with Crippen molar-refractivity contribution in [2.75, 3.05) is 11.9 Å². The van der Waals surface area contributed by atoms with Crippen molar-refractivity contribution in [1.29, 1.82) is 0 Å². The molecule has 0 radical (unpaired) electrons. The lowest BCUT2D eigenvalue weighted by atomic mass is 10.1. The molecular formula is C13H16N4OS. The molecule has 100 valence electrons. The topological polar surface area (TPSA) is 74.7 Å². The first kappa shape index (κ1) is 13.4. The first-order chi connectivity index (χ1) is 9.11. The highest BCUT2D eigenvalue weighted by molar-refractivity contribution is 7.07. The Morgan fingerprint density at radius 1 is 1.53 bits per heavy atom. The number of rotatable bonds is 4. The summed E-state index contributed by atoms with van der Waals surface area (Å²) in [5.74, 6) is 0.131. The Balaban J connectivity index is 2.19. The van der Waals surface area contributed by atoms with Gasteiger partial charge in [0.15, 0.2) is 5.84 Å². The number of aromatic nitrogens is 1. The van der Waals surface area contributed by atoms with Crippen molar-refractivity contribution in [2.24, 2.45) is 10.9 Å². The minimum atomic E-state index is 0.131. The summed E-state index contributed by atoms with van der Waals surface area (Å²) < 4.78 is 0. The van der Waals surface area contributed by atoms with Crippen molar-refractivity contribution in [3.8, 4) is 0 Å². The van der Waals surface area contributed by atoms with E-state index in [1.54, 1.807) is 11.3 Å². The molecule has 0 atom stereocenters. The Kier molecular flexibility index (Phi) is 4.01. The number of hydrogen-bond donors (Lipinski definition) is 2. The van der Waals surface area contributed by atoms with Gasteiger partial charge in [0, 0.05) is 23.7 Å². The monoisotopic (exact) mass is 276 g/mol. The van der Waals surface area contributed by atoms with E-state index in [0.29, 0.717) is 0 Å². The molecule has 1 heterocycles. The summed E-state index contributed by atoms with van der Waals surface area (Å²) in [7, 11) is 2.01. The van der Waals surface area contributed by atoms with Gasteiger partial charge in [0.25, 0.3) is 0 Å². The average molecular weight is 276 g/mol. The highest BCUT2D eigenvalue weighted by Gasteiger charge is 2.08. The molecule has 0 saturated carbocycles. The Bertz CT molecular complexity index is 580. The molecule has 1 aromatic carbocycles. The van der Waals surface area contributed by atoms with E-state index in [1.807, 2.05) is 43.1 Å². The minimum Gasteiger partial charge on any atom is -0.409 e. The number of amidine groups is 1. The summed E-state index contributed by atoms with van der Waals surface area (Å²) >= 11 is 1.59. The number of benzene rings is 1. The second kappa shape index (κ2) is 5.71. The van der Waals surface area contributed by atoms with Gasteiger partial charge in [0.1, 0.15) is 0 Å². The standard InChI is InChI=1S/C13H16N4OS/c1-9-5-11(3-4-12(9)13(14)16-18)17(2)6-10-7-19-8-15-10/h3-5,7-8,18H,6H2,1-2H3,(H2,14,16). The molecule has 5 nitrogen and oxygen atoms in total. The van der Waals surface area contributed by atoms with E-state index in [9.17, 15) is 0 Å². The van der Waals surface area contributed by atoms with Gasteiger partial charge in [0.05, 0.1) is 17.7 Å². The number of oxime groups is 1. The third kappa shape index (κ3) is 3.03. The van der Waals surface area contributed by atoms with Crippen LogP contribution < -0.4 is 10.6 Å². The molecule has 0 aliphatic carbocycles. The Morgan fingerprint density at radius 2 is 2.32 bits per heavy atom. The molecule has 0 fully saturated rings. The molecule has 1 aromatic heterocycles. The number of hydrogen-bond acceptors (Lipinski definition) is 5. The molecule has 0 saturated heterocycles. The maximum atomic E-state index is 8.71. The van der Waals surface area contributed by atoms with Crippen LogP contribution in [0.4, 0.5) is 5.69 Å². The van der Waals surface area contributed by atoms with E-state index < -0.39 is 0 Å². The van der Waals surface area contributed by atoms with E-state index in [1.165, 1.54) is 0 Å². The molecule has 2 rings (SSSR count). The fraction of sp³-hybridized carbons (Fsp3) is 0.231. The zero-order valence-corrected chi connectivity index (χ0v) is 11.7. The van der Waals surface area contributed by atoms with Crippen LogP contribution in [-0.4, -0.2) is 23.1 Å². The summed E-state index contributed by atoms with van der Waals surface area (Å²) in [5.41, 5.74) is 11.3. The quantitative estimate of drug-likeness (QED) is 0.388. The van der Waals surface area contributed by atoms with E-state index >= 15 is 0 Å². The maximum absolute atomic E-state index is 8.71. The summed E-state index contributed by atoms with van der Waals surface area (Å²) in [6, 6.07) is 5.82. The Hall–Kier alpha value is -2.08.